The molecule has 0 aliphatic heterocycles. The quantitative estimate of drug-likeness (QED) is 0.610. The lowest BCUT2D eigenvalue weighted by molar-refractivity contribution is 0.629. The van der Waals surface area contributed by atoms with Crippen LogP contribution in [-0.2, 0) is 0 Å². The predicted octanol–water partition coefficient (Wildman–Crippen LogP) is 4.35. The molecular formula is C18H13BrFP. The summed E-state index contributed by atoms with van der Waals surface area (Å²) in [5, 5.41) is 3.43. The summed E-state index contributed by atoms with van der Waals surface area (Å²) in [6.45, 7) is 0. The van der Waals surface area contributed by atoms with Crippen LogP contribution in [0.15, 0.2) is 83.3 Å². The molecule has 3 rings (SSSR count). The Labute approximate surface area is 133 Å². The first-order chi connectivity index (χ1) is 10.3. The lowest BCUT2D eigenvalue weighted by Gasteiger charge is -2.20. The molecule has 3 aromatic rings. The molecular weight excluding hydrogens is 346 g/mol. The van der Waals surface area contributed by atoms with Gasteiger partial charge in [0.05, 0.1) is 0 Å². The summed E-state index contributed by atoms with van der Waals surface area (Å²) >= 11 is 3.58. The van der Waals surface area contributed by atoms with E-state index in [2.05, 4.69) is 40.2 Å². The van der Waals surface area contributed by atoms with Crippen LogP contribution in [0.4, 0.5) is 4.39 Å². The Morgan fingerprint density at radius 3 is 1.76 bits per heavy atom. The van der Waals surface area contributed by atoms with E-state index < -0.39 is 7.92 Å². The van der Waals surface area contributed by atoms with Crippen LogP contribution in [0.5, 0.6) is 0 Å². The van der Waals surface area contributed by atoms with E-state index in [0.717, 1.165) is 9.78 Å². The highest BCUT2D eigenvalue weighted by Gasteiger charge is 2.19. The molecule has 0 amide bonds. The lowest BCUT2D eigenvalue weighted by Crippen LogP contribution is -2.21. The SMILES string of the molecule is Fc1ccc(Br)c(P(c2ccccc2)c2ccccc2)c1. The second-order valence-electron chi connectivity index (χ2n) is 4.60. The molecule has 0 aromatic heterocycles. The number of halogens is 2. The third-order valence-electron chi connectivity index (χ3n) is 3.18. The first-order valence-corrected chi connectivity index (χ1v) is 8.74. The molecule has 0 heterocycles. The van der Waals surface area contributed by atoms with Gasteiger partial charge < -0.3 is 0 Å². The van der Waals surface area contributed by atoms with Gasteiger partial charge in [-0.25, -0.2) is 4.39 Å². The fraction of sp³-hybridized carbons (Fsp3) is 0. The molecule has 3 heteroatoms. The Morgan fingerprint density at radius 1 is 0.714 bits per heavy atom. The molecule has 0 unspecified atom stereocenters. The second kappa shape index (κ2) is 6.51. The molecule has 0 N–H and O–H groups in total. The third kappa shape index (κ3) is 3.23. The normalized spacial score (nSPS) is 10.8. The van der Waals surface area contributed by atoms with Crippen molar-refractivity contribution in [3.8, 4) is 0 Å². The third-order valence-corrected chi connectivity index (χ3v) is 6.66. The van der Waals surface area contributed by atoms with Crippen LogP contribution in [0.3, 0.4) is 0 Å². The van der Waals surface area contributed by atoms with E-state index in [1.54, 1.807) is 12.1 Å². The molecule has 21 heavy (non-hydrogen) atoms. The van der Waals surface area contributed by atoms with Crippen molar-refractivity contribution in [2.45, 2.75) is 0 Å². The minimum Gasteiger partial charge on any atom is -0.207 e. The van der Waals surface area contributed by atoms with Gasteiger partial charge in [-0.1, -0.05) is 76.6 Å². The molecule has 104 valence electrons. The van der Waals surface area contributed by atoms with Crippen molar-refractivity contribution < 1.29 is 4.39 Å². The highest BCUT2D eigenvalue weighted by Crippen LogP contribution is 2.35. The molecule has 0 bridgehead atoms. The summed E-state index contributed by atoms with van der Waals surface area (Å²) in [6.07, 6.45) is 0. The van der Waals surface area contributed by atoms with Crippen molar-refractivity contribution >= 4 is 39.8 Å². The number of rotatable bonds is 3. The Bertz CT molecular complexity index is 689. The molecule has 0 saturated heterocycles. The average Bonchev–Trinajstić information content (AvgIpc) is 2.53. The molecule has 0 atom stereocenters. The molecule has 0 spiro atoms. The van der Waals surface area contributed by atoms with Crippen LogP contribution in [0.1, 0.15) is 0 Å². The number of benzene rings is 3. The van der Waals surface area contributed by atoms with E-state index in [9.17, 15) is 4.39 Å². The van der Waals surface area contributed by atoms with Crippen molar-refractivity contribution in [3.05, 3.63) is 89.2 Å². The minimum absolute atomic E-state index is 0.201. The Balaban J connectivity index is 2.20. The van der Waals surface area contributed by atoms with Gasteiger partial charge in [-0.15, -0.1) is 0 Å². The average molecular weight is 359 g/mol. The molecule has 0 radical (unpaired) electrons. The summed E-state index contributed by atoms with van der Waals surface area (Å²) < 4.78 is 14.7. The standard InChI is InChI=1S/C18H13BrFP/c19-17-12-11-14(20)13-18(17)21(15-7-3-1-4-8-15)16-9-5-2-6-10-16/h1-13H. The smallest absolute Gasteiger partial charge is 0.123 e. The van der Waals surface area contributed by atoms with Crippen LogP contribution >= 0.6 is 23.9 Å². The van der Waals surface area contributed by atoms with E-state index in [4.69, 9.17) is 0 Å². The highest BCUT2D eigenvalue weighted by molar-refractivity contribution is 9.10. The molecule has 0 fully saturated rings. The Hall–Kier alpha value is -1.50. The summed E-state index contributed by atoms with van der Waals surface area (Å²) in [7, 11) is -0.770. The second-order valence-corrected chi connectivity index (χ2v) is 7.64. The fourth-order valence-corrected chi connectivity index (χ4v) is 5.35. The van der Waals surface area contributed by atoms with Gasteiger partial charge in [-0.2, -0.15) is 0 Å². The van der Waals surface area contributed by atoms with Gasteiger partial charge in [-0.3, -0.25) is 0 Å². The summed E-state index contributed by atoms with van der Waals surface area (Å²) in [6, 6.07) is 25.4. The van der Waals surface area contributed by atoms with E-state index in [0.29, 0.717) is 0 Å². The summed E-state index contributed by atoms with van der Waals surface area (Å²) in [4.78, 5) is 0. The van der Waals surface area contributed by atoms with Crippen molar-refractivity contribution in [1.29, 1.82) is 0 Å². The van der Waals surface area contributed by atoms with Crippen LogP contribution in [0, 0.1) is 5.82 Å². The maximum Gasteiger partial charge on any atom is 0.123 e. The first-order valence-electron chi connectivity index (χ1n) is 6.61. The molecule has 0 saturated carbocycles. The van der Waals surface area contributed by atoms with Gasteiger partial charge in [0.1, 0.15) is 5.82 Å². The minimum atomic E-state index is -0.770. The van der Waals surface area contributed by atoms with E-state index in [1.165, 1.54) is 16.7 Å². The van der Waals surface area contributed by atoms with Gasteiger partial charge in [0.15, 0.2) is 0 Å². The van der Waals surface area contributed by atoms with Crippen LogP contribution < -0.4 is 15.9 Å². The number of hydrogen-bond donors (Lipinski definition) is 0. The molecule has 0 aliphatic carbocycles. The zero-order valence-corrected chi connectivity index (χ0v) is 13.7. The fourth-order valence-electron chi connectivity index (χ4n) is 2.24. The van der Waals surface area contributed by atoms with Gasteiger partial charge in [-0.05, 0) is 36.7 Å². The van der Waals surface area contributed by atoms with Crippen molar-refractivity contribution in [1.82, 2.24) is 0 Å². The Morgan fingerprint density at radius 2 is 1.24 bits per heavy atom. The van der Waals surface area contributed by atoms with Gasteiger partial charge in [0.2, 0.25) is 0 Å². The van der Waals surface area contributed by atoms with Crippen LogP contribution in [0.2, 0.25) is 0 Å². The van der Waals surface area contributed by atoms with Crippen molar-refractivity contribution in [2.75, 3.05) is 0 Å². The van der Waals surface area contributed by atoms with E-state index >= 15 is 0 Å². The van der Waals surface area contributed by atoms with Gasteiger partial charge >= 0.3 is 0 Å². The highest BCUT2D eigenvalue weighted by atomic mass is 79.9. The predicted molar refractivity (Wildman–Crippen MR) is 92.8 cm³/mol. The monoisotopic (exact) mass is 358 g/mol. The number of hydrogen-bond acceptors (Lipinski definition) is 0. The molecule has 3 aromatic carbocycles. The summed E-state index contributed by atoms with van der Waals surface area (Å²) in [5.41, 5.74) is 0. The Kier molecular flexibility index (Phi) is 4.48. The summed E-state index contributed by atoms with van der Waals surface area (Å²) in [5.74, 6) is -0.201. The van der Waals surface area contributed by atoms with E-state index in [-0.39, 0.29) is 5.82 Å². The van der Waals surface area contributed by atoms with Gasteiger partial charge in [0.25, 0.3) is 0 Å². The topological polar surface area (TPSA) is 0 Å². The molecule has 0 aliphatic rings. The van der Waals surface area contributed by atoms with E-state index in [1.807, 2.05) is 36.4 Å². The van der Waals surface area contributed by atoms with Crippen LogP contribution in [0.25, 0.3) is 0 Å². The van der Waals surface area contributed by atoms with Crippen molar-refractivity contribution in [3.63, 3.8) is 0 Å². The molecule has 0 nitrogen and oxygen atoms in total. The lowest BCUT2D eigenvalue weighted by atomic mass is 10.3. The largest absolute Gasteiger partial charge is 0.207 e. The maximum atomic E-state index is 13.7. The van der Waals surface area contributed by atoms with Crippen LogP contribution in [-0.4, -0.2) is 0 Å². The van der Waals surface area contributed by atoms with Crippen molar-refractivity contribution in [2.24, 2.45) is 0 Å². The first kappa shape index (κ1) is 14.4. The van der Waals surface area contributed by atoms with Gasteiger partial charge in [0, 0.05) is 9.78 Å². The maximum absolute atomic E-state index is 13.7. The zero-order valence-electron chi connectivity index (χ0n) is 11.2. The zero-order chi connectivity index (χ0) is 14.7.